The van der Waals surface area contributed by atoms with E-state index in [9.17, 15) is 0 Å². The highest BCUT2D eigenvalue weighted by Crippen LogP contribution is 2.36. The van der Waals surface area contributed by atoms with Crippen LogP contribution in [-0.2, 0) is 6.42 Å². The molecule has 0 aliphatic carbocycles. The zero-order chi connectivity index (χ0) is 17.2. The first kappa shape index (κ1) is 15.2. The van der Waals surface area contributed by atoms with Crippen LogP contribution in [0, 0.1) is 0 Å². The van der Waals surface area contributed by atoms with Gasteiger partial charge >= 0.3 is 0 Å². The van der Waals surface area contributed by atoms with Crippen LogP contribution < -0.4 is 9.47 Å². The molecule has 0 radical (unpaired) electrons. The monoisotopic (exact) mass is 337 g/mol. The molecule has 25 heavy (non-hydrogen) atoms. The van der Waals surface area contributed by atoms with Crippen LogP contribution in [0.4, 0.5) is 0 Å². The lowest BCUT2D eigenvalue weighted by molar-refractivity contribution is 0.377. The van der Waals surface area contributed by atoms with Gasteiger partial charge in [-0.1, -0.05) is 28.5 Å². The van der Waals surface area contributed by atoms with E-state index in [1.807, 2.05) is 42.5 Å². The number of hydrogen-bond acceptors (Lipinski definition) is 7. The molecular formula is C18H15N3O4. The molecule has 2 aromatic heterocycles. The number of nitrogens with zero attached hydrogens (tertiary/aromatic N) is 3. The van der Waals surface area contributed by atoms with E-state index in [0.29, 0.717) is 35.2 Å². The predicted octanol–water partition coefficient (Wildman–Crippen LogP) is 3.49. The fourth-order valence-corrected chi connectivity index (χ4v) is 2.71. The van der Waals surface area contributed by atoms with Gasteiger partial charge < -0.3 is 18.5 Å². The van der Waals surface area contributed by atoms with Crippen LogP contribution >= 0.6 is 0 Å². The van der Waals surface area contributed by atoms with Crippen LogP contribution in [0.15, 0.2) is 51.5 Å². The molecule has 4 rings (SSSR count). The molecule has 2 heterocycles. The molecule has 0 unspecified atom stereocenters. The number of rotatable bonds is 5. The van der Waals surface area contributed by atoms with Crippen LogP contribution in [0.3, 0.4) is 0 Å². The minimum absolute atomic E-state index is 0.376. The van der Waals surface area contributed by atoms with Crippen molar-refractivity contribution < 1.29 is 18.5 Å². The number of benzene rings is 2. The van der Waals surface area contributed by atoms with E-state index in [-0.39, 0.29) is 0 Å². The number of ether oxygens (including phenoxy) is 2. The summed E-state index contributed by atoms with van der Waals surface area (Å²) in [5, 5.41) is 9.08. The standard InChI is InChI=1S/C18H15N3O4/c1-22-14-8-5-9-15(23-2)17(14)18-19-16(25-21-18)10-12-11-6-3-4-7-13(11)24-20-12/h3-9H,10H2,1-2H3. The Morgan fingerprint density at radius 1 is 0.880 bits per heavy atom. The highest BCUT2D eigenvalue weighted by atomic mass is 16.5. The van der Waals surface area contributed by atoms with Crippen molar-refractivity contribution in [1.29, 1.82) is 0 Å². The Labute approximate surface area is 143 Å². The summed E-state index contributed by atoms with van der Waals surface area (Å²) >= 11 is 0. The molecule has 0 spiro atoms. The first-order chi connectivity index (χ1) is 12.3. The fraction of sp³-hybridized carbons (Fsp3) is 0.167. The number of hydrogen-bond donors (Lipinski definition) is 0. The average molecular weight is 337 g/mol. The maximum Gasteiger partial charge on any atom is 0.233 e. The second kappa shape index (κ2) is 6.27. The van der Waals surface area contributed by atoms with E-state index in [4.69, 9.17) is 18.5 Å². The lowest BCUT2D eigenvalue weighted by Gasteiger charge is -2.09. The predicted molar refractivity (Wildman–Crippen MR) is 89.7 cm³/mol. The number of aromatic nitrogens is 3. The van der Waals surface area contributed by atoms with Gasteiger partial charge in [0.05, 0.1) is 20.6 Å². The van der Waals surface area contributed by atoms with Crippen molar-refractivity contribution in [2.75, 3.05) is 14.2 Å². The Morgan fingerprint density at radius 3 is 2.40 bits per heavy atom. The van der Waals surface area contributed by atoms with E-state index in [2.05, 4.69) is 15.3 Å². The van der Waals surface area contributed by atoms with Gasteiger partial charge in [-0.15, -0.1) is 0 Å². The zero-order valence-corrected chi connectivity index (χ0v) is 13.7. The second-order valence-corrected chi connectivity index (χ2v) is 5.35. The first-order valence-corrected chi connectivity index (χ1v) is 7.67. The molecule has 0 aliphatic heterocycles. The molecule has 0 amide bonds. The molecule has 0 atom stereocenters. The van der Waals surface area contributed by atoms with Crippen molar-refractivity contribution in [3.63, 3.8) is 0 Å². The van der Waals surface area contributed by atoms with Gasteiger partial charge in [0.2, 0.25) is 11.7 Å². The third-order valence-electron chi connectivity index (χ3n) is 3.89. The molecule has 7 nitrogen and oxygen atoms in total. The first-order valence-electron chi connectivity index (χ1n) is 7.67. The van der Waals surface area contributed by atoms with E-state index < -0.39 is 0 Å². The summed E-state index contributed by atoms with van der Waals surface area (Å²) in [7, 11) is 3.17. The summed E-state index contributed by atoms with van der Waals surface area (Å²) < 4.78 is 21.5. The summed E-state index contributed by atoms with van der Waals surface area (Å²) in [5.74, 6) is 2.05. The van der Waals surface area contributed by atoms with Gasteiger partial charge in [0, 0.05) is 5.39 Å². The van der Waals surface area contributed by atoms with Crippen molar-refractivity contribution >= 4 is 11.0 Å². The minimum Gasteiger partial charge on any atom is -0.496 e. The third-order valence-corrected chi connectivity index (χ3v) is 3.89. The van der Waals surface area contributed by atoms with Crippen molar-refractivity contribution in [2.24, 2.45) is 0 Å². The van der Waals surface area contributed by atoms with Gasteiger partial charge in [0.25, 0.3) is 0 Å². The Balaban J connectivity index is 1.69. The Hall–Kier alpha value is -3.35. The van der Waals surface area contributed by atoms with Crippen LogP contribution in [0.1, 0.15) is 11.6 Å². The van der Waals surface area contributed by atoms with Gasteiger partial charge in [-0.05, 0) is 24.3 Å². The Morgan fingerprint density at radius 2 is 1.64 bits per heavy atom. The van der Waals surface area contributed by atoms with Crippen molar-refractivity contribution in [2.45, 2.75) is 6.42 Å². The molecule has 0 N–H and O–H groups in total. The summed E-state index contributed by atoms with van der Waals surface area (Å²) in [4.78, 5) is 4.46. The van der Waals surface area contributed by atoms with Crippen molar-refractivity contribution in [1.82, 2.24) is 15.3 Å². The number of methoxy groups -OCH3 is 2. The maximum atomic E-state index is 5.39. The SMILES string of the molecule is COc1cccc(OC)c1-c1noc(Cc2noc3ccccc23)n1. The highest BCUT2D eigenvalue weighted by molar-refractivity contribution is 5.79. The van der Waals surface area contributed by atoms with Crippen molar-refractivity contribution in [3.8, 4) is 22.9 Å². The zero-order valence-electron chi connectivity index (χ0n) is 13.7. The lowest BCUT2D eigenvalue weighted by Crippen LogP contribution is -1.94. The van der Waals surface area contributed by atoms with Gasteiger partial charge in [0.15, 0.2) is 5.58 Å². The summed E-state index contributed by atoms with van der Waals surface area (Å²) in [6.07, 6.45) is 0.376. The van der Waals surface area contributed by atoms with E-state index in [1.165, 1.54) is 0 Å². The Bertz CT molecular complexity index is 1000. The normalized spacial score (nSPS) is 11.0. The molecule has 0 saturated heterocycles. The van der Waals surface area contributed by atoms with Crippen LogP contribution in [0.2, 0.25) is 0 Å². The molecular weight excluding hydrogens is 322 g/mol. The van der Waals surface area contributed by atoms with Crippen LogP contribution in [0.5, 0.6) is 11.5 Å². The Kier molecular flexibility index (Phi) is 3.81. The average Bonchev–Trinajstić information content (AvgIpc) is 3.29. The molecule has 0 saturated carbocycles. The fourth-order valence-electron chi connectivity index (χ4n) is 2.71. The van der Waals surface area contributed by atoms with Crippen LogP contribution in [0.25, 0.3) is 22.4 Å². The van der Waals surface area contributed by atoms with Gasteiger partial charge in [0.1, 0.15) is 22.8 Å². The third kappa shape index (κ3) is 2.69. The maximum absolute atomic E-state index is 5.39. The topological polar surface area (TPSA) is 83.4 Å². The number of para-hydroxylation sites is 1. The van der Waals surface area contributed by atoms with Gasteiger partial charge in [-0.3, -0.25) is 0 Å². The molecule has 0 aliphatic rings. The molecule has 0 fully saturated rings. The molecule has 126 valence electrons. The molecule has 0 bridgehead atoms. The molecule has 2 aromatic carbocycles. The van der Waals surface area contributed by atoms with Crippen molar-refractivity contribution in [3.05, 3.63) is 54.0 Å². The van der Waals surface area contributed by atoms with Gasteiger partial charge in [-0.2, -0.15) is 4.98 Å². The largest absolute Gasteiger partial charge is 0.496 e. The molecule has 7 heteroatoms. The van der Waals surface area contributed by atoms with E-state index in [1.54, 1.807) is 14.2 Å². The lowest BCUT2D eigenvalue weighted by atomic mass is 10.1. The van der Waals surface area contributed by atoms with Crippen LogP contribution in [-0.4, -0.2) is 29.5 Å². The highest BCUT2D eigenvalue weighted by Gasteiger charge is 2.19. The molecule has 4 aromatic rings. The smallest absolute Gasteiger partial charge is 0.233 e. The summed E-state index contributed by atoms with van der Waals surface area (Å²) in [6.45, 7) is 0. The van der Waals surface area contributed by atoms with Gasteiger partial charge in [-0.25, -0.2) is 0 Å². The van der Waals surface area contributed by atoms with E-state index in [0.717, 1.165) is 16.7 Å². The number of fused-ring (bicyclic) bond motifs is 1. The summed E-state index contributed by atoms with van der Waals surface area (Å²) in [6, 6.07) is 13.1. The van der Waals surface area contributed by atoms with E-state index >= 15 is 0 Å². The minimum atomic E-state index is 0.376. The quantitative estimate of drug-likeness (QED) is 0.551. The summed E-state index contributed by atoms with van der Waals surface area (Å²) in [5.41, 5.74) is 2.12. The second-order valence-electron chi connectivity index (χ2n) is 5.35.